The van der Waals surface area contributed by atoms with Gasteiger partial charge in [0.15, 0.2) is 17.3 Å². The Balaban J connectivity index is 1.47. The van der Waals surface area contributed by atoms with Gasteiger partial charge in [0.1, 0.15) is 24.3 Å². The van der Waals surface area contributed by atoms with E-state index >= 15 is 0 Å². The van der Waals surface area contributed by atoms with Crippen LogP contribution >= 0.6 is 0 Å². The largest absolute Gasteiger partial charge is 0.493 e. The molecule has 0 radical (unpaired) electrons. The van der Waals surface area contributed by atoms with E-state index in [0.717, 1.165) is 11.1 Å². The van der Waals surface area contributed by atoms with Gasteiger partial charge < -0.3 is 18.6 Å². The number of oxazole rings is 1. The molecule has 0 aliphatic carbocycles. The smallest absolute Gasteiger partial charge is 0.226 e. The summed E-state index contributed by atoms with van der Waals surface area (Å²) in [5.74, 6) is 2.00. The lowest BCUT2D eigenvalue weighted by Crippen LogP contribution is -2.06. The molecule has 6 heteroatoms. The van der Waals surface area contributed by atoms with Crippen molar-refractivity contribution in [1.29, 1.82) is 0 Å². The Bertz CT molecular complexity index is 1310. The number of aromatic nitrogens is 1. The van der Waals surface area contributed by atoms with E-state index < -0.39 is 0 Å². The second kappa shape index (κ2) is 11.2. The van der Waals surface area contributed by atoms with Crippen molar-refractivity contribution in [3.8, 4) is 28.7 Å². The molecular formula is C29H27NO5. The molecule has 0 spiro atoms. The average molecular weight is 470 g/mol. The molecule has 0 aliphatic heterocycles. The standard InChI is InChI=1S/C29H27NO5/c1-20(2)35-28-17-22(13-16-27(28)32-3)29-30-23(19-34-29)14-15-25(31)24-11-7-8-12-26(24)33-18-21-9-5-4-6-10-21/h4-17,19-20H,18H2,1-3H3. The van der Waals surface area contributed by atoms with Crippen molar-refractivity contribution in [2.24, 2.45) is 0 Å². The van der Waals surface area contributed by atoms with E-state index in [9.17, 15) is 4.79 Å². The van der Waals surface area contributed by atoms with Gasteiger partial charge in [-0.2, -0.15) is 0 Å². The van der Waals surface area contributed by atoms with Gasteiger partial charge in [0, 0.05) is 5.56 Å². The van der Waals surface area contributed by atoms with Gasteiger partial charge in [-0.15, -0.1) is 0 Å². The molecule has 0 fully saturated rings. The van der Waals surface area contributed by atoms with Crippen LogP contribution in [0.5, 0.6) is 17.2 Å². The van der Waals surface area contributed by atoms with Crippen LogP contribution in [0.4, 0.5) is 0 Å². The van der Waals surface area contributed by atoms with E-state index in [0.29, 0.717) is 41.0 Å². The molecule has 0 N–H and O–H groups in total. The lowest BCUT2D eigenvalue weighted by Gasteiger charge is -2.13. The Labute approximate surface area is 204 Å². The maximum absolute atomic E-state index is 12.9. The fourth-order valence-electron chi connectivity index (χ4n) is 3.43. The molecule has 4 aromatic rings. The van der Waals surface area contributed by atoms with E-state index in [1.807, 2.05) is 74.5 Å². The van der Waals surface area contributed by atoms with Crippen molar-refractivity contribution >= 4 is 11.9 Å². The average Bonchev–Trinajstić information content (AvgIpc) is 3.35. The number of hydrogen-bond acceptors (Lipinski definition) is 6. The first-order valence-corrected chi connectivity index (χ1v) is 11.3. The van der Waals surface area contributed by atoms with Gasteiger partial charge in [-0.25, -0.2) is 4.98 Å². The Kier molecular flexibility index (Phi) is 7.63. The number of para-hydroxylation sites is 1. The molecular weight excluding hydrogens is 442 g/mol. The molecule has 178 valence electrons. The summed E-state index contributed by atoms with van der Waals surface area (Å²) in [4.78, 5) is 17.4. The molecule has 0 saturated heterocycles. The first-order valence-electron chi connectivity index (χ1n) is 11.3. The Hall–Kier alpha value is -4.32. The Morgan fingerprint density at radius 2 is 1.74 bits per heavy atom. The quantitative estimate of drug-likeness (QED) is 0.192. The number of ether oxygens (including phenoxy) is 3. The van der Waals surface area contributed by atoms with E-state index in [2.05, 4.69) is 4.98 Å². The van der Waals surface area contributed by atoms with Gasteiger partial charge in [0.05, 0.1) is 18.8 Å². The summed E-state index contributed by atoms with van der Waals surface area (Å²) in [5.41, 5.74) is 2.78. The topological polar surface area (TPSA) is 70.8 Å². The van der Waals surface area contributed by atoms with Crippen LogP contribution in [0, 0.1) is 0 Å². The predicted octanol–water partition coefficient (Wildman–Crippen LogP) is 6.61. The molecule has 0 amide bonds. The van der Waals surface area contributed by atoms with Crippen LogP contribution in [0.3, 0.4) is 0 Å². The van der Waals surface area contributed by atoms with Crippen LogP contribution in [0.25, 0.3) is 17.5 Å². The summed E-state index contributed by atoms with van der Waals surface area (Å²) in [5, 5.41) is 0. The highest BCUT2D eigenvalue weighted by Gasteiger charge is 2.13. The first kappa shape index (κ1) is 23.8. The summed E-state index contributed by atoms with van der Waals surface area (Å²) < 4.78 is 22.7. The molecule has 35 heavy (non-hydrogen) atoms. The number of rotatable bonds is 10. The zero-order valence-electron chi connectivity index (χ0n) is 19.9. The summed E-state index contributed by atoms with van der Waals surface area (Å²) in [6, 6.07) is 22.5. The van der Waals surface area contributed by atoms with Crippen LogP contribution in [0.1, 0.15) is 35.5 Å². The molecule has 0 aliphatic rings. The van der Waals surface area contributed by atoms with Crippen LogP contribution in [0.15, 0.2) is 89.6 Å². The zero-order chi connectivity index (χ0) is 24.6. The van der Waals surface area contributed by atoms with Crippen LogP contribution < -0.4 is 14.2 Å². The molecule has 0 unspecified atom stereocenters. The molecule has 0 saturated carbocycles. The monoisotopic (exact) mass is 469 g/mol. The summed E-state index contributed by atoms with van der Waals surface area (Å²) in [7, 11) is 1.60. The number of carbonyl (C=O) groups is 1. The molecule has 0 bridgehead atoms. The van der Waals surface area contributed by atoms with Crippen molar-refractivity contribution in [2.45, 2.75) is 26.6 Å². The van der Waals surface area contributed by atoms with E-state index in [-0.39, 0.29) is 11.9 Å². The third-order valence-electron chi connectivity index (χ3n) is 5.09. The van der Waals surface area contributed by atoms with Crippen molar-refractivity contribution in [3.63, 3.8) is 0 Å². The number of allylic oxidation sites excluding steroid dienone is 1. The third kappa shape index (κ3) is 6.18. The van der Waals surface area contributed by atoms with Crippen molar-refractivity contribution in [2.75, 3.05) is 7.11 Å². The minimum absolute atomic E-state index is 0.00670. The number of carbonyl (C=O) groups excluding carboxylic acids is 1. The maximum Gasteiger partial charge on any atom is 0.226 e. The van der Waals surface area contributed by atoms with E-state index in [1.165, 1.54) is 12.3 Å². The van der Waals surface area contributed by atoms with Gasteiger partial charge in [-0.1, -0.05) is 42.5 Å². The van der Waals surface area contributed by atoms with Crippen LogP contribution in [-0.4, -0.2) is 24.0 Å². The Morgan fingerprint density at radius 3 is 2.51 bits per heavy atom. The maximum atomic E-state index is 12.9. The summed E-state index contributed by atoms with van der Waals surface area (Å²) >= 11 is 0. The second-order valence-corrected chi connectivity index (χ2v) is 8.08. The highest BCUT2D eigenvalue weighted by molar-refractivity contribution is 6.08. The normalized spacial score (nSPS) is 11.1. The highest BCUT2D eigenvalue weighted by atomic mass is 16.5. The van der Waals surface area contributed by atoms with Crippen LogP contribution in [-0.2, 0) is 6.61 Å². The minimum Gasteiger partial charge on any atom is -0.493 e. The van der Waals surface area contributed by atoms with Gasteiger partial charge in [0.2, 0.25) is 5.89 Å². The lowest BCUT2D eigenvalue weighted by atomic mass is 10.1. The van der Waals surface area contributed by atoms with Crippen molar-refractivity contribution < 1.29 is 23.4 Å². The highest BCUT2D eigenvalue weighted by Crippen LogP contribution is 2.33. The van der Waals surface area contributed by atoms with Crippen molar-refractivity contribution in [3.05, 3.63) is 102 Å². The number of benzene rings is 3. The van der Waals surface area contributed by atoms with E-state index in [1.54, 1.807) is 25.3 Å². The molecule has 1 aromatic heterocycles. The number of methoxy groups -OCH3 is 1. The fraction of sp³-hybridized carbons (Fsp3) is 0.172. The van der Waals surface area contributed by atoms with Gasteiger partial charge >= 0.3 is 0 Å². The number of ketones is 1. The van der Waals surface area contributed by atoms with Crippen molar-refractivity contribution in [1.82, 2.24) is 4.98 Å². The molecule has 0 atom stereocenters. The number of nitrogens with zero attached hydrogens (tertiary/aromatic N) is 1. The van der Waals surface area contributed by atoms with Gasteiger partial charge in [-0.3, -0.25) is 4.79 Å². The van der Waals surface area contributed by atoms with Crippen LogP contribution in [0.2, 0.25) is 0 Å². The SMILES string of the molecule is COc1ccc(-c2nc(C=CC(=O)c3ccccc3OCc3ccccc3)co2)cc1OC(C)C. The summed E-state index contributed by atoms with van der Waals surface area (Å²) in [6.07, 6.45) is 4.59. The van der Waals surface area contributed by atoms with E-state index in [4.69, 9.17) is 18.6 Å². The Morgan fingerprint density at radius 1 is 0.971 bits per heavy atom. The lowest BCUT2D eigenvalue weighted by molar-refractivity contribution is 0.104. The first-order chi connectivity index (χ1) is 17.0. The molecule has 6 nitrogen and oxygen atoms in total. The van der Waals surface area contributed by atoms with Gasteiger partial charge in [-0.05, 0) is 61.9 Å². The predicted molar refractivity (Wildman–Crippen MR) is 135 cm³/mol. The zero-order valence-corrected chi connectivity index (χ0v) is 19.9. The second-order valence-electron chi connectivity index (χ2n) is 8.08. The molecule has 4 rings (SSSR count). The summed E-state index contributed by atoms with van der Waals surface area (Å²) in [6.45, 7) is 4.27. The minimum atomic E-state index is -0.185. The molecule has 3 aromatic carbocycles. The van der Waals surface area contributed by atoms with Gasteiger partial charge in [0.25, 0.3) is 0 Å². The number of hydrogen-bond donors (Lipinski definition) is 0. The fourth-order valence-corrected chi connectivity index (χ4v) is 3.43. The third-order valence-corrected chi connectivity index (χ3v) is 5.09. The molecule has 1 heterocycles.